The zero-order chi connectivity index (χ0) is 9.94. The van der Waals surface area contributed by atoms with Crippen LogP contribution in [0.2, 0.25) is 0 Å². The molecule has 1 rings (SSSR count). The van der Waals surface area contributed by atoms with Gasteiger partial charge in [0.05, 0.1) is 0 Å². The second kappa shape index (κ2) is 2.40. The first-order chi connectivity index (χ1) is 4.95. The van der Waals surface area contributed by atoms with Crippen LogP contribution < -0.4 is 5.43 Å². The molecule has 1 aliphatic heterocycles. The average molecular weight is 215 g/mol. The van der Waals surface area contributed by atoms with E-state index in [1.54, 1.807) is 17.8 Å². The second-order valence-corrected chi connectivity index (χ2v) is 3.60. The van der Waals surface area contributed by atoms with E-state index in [2.05, 4.69) is 10.3 Å². The van der Waals surface area contributed by atoms with Gasteiger partial charge in [-0.15, -0.1) is 5.11 Å². The van der Waals surface area contributed by atoms with Gasteiger partial charge in [0.1, 0.15) is 12.4 Å². The number of nitrogens with two attached hydrogens (primary N) is 1. The molecule has 1 aliphatic rings. The molecule has 1 heterocycles. The Kier molecular flexibility index (Phi) is 2.26. The number of nitrogens with zero attached hydrogens (tertiary/aromatic N) is 2. The molecule has 0 saturated carbocycles. The SMILES string of the molecule is C1=C[NH2+]N=N1.F[P-](F)(F)(F)(F)F. The molecule has 0 bridgehead atoms. The van der Waals surface area contributed by atoms with E-state index in [-0.39, 0.29) is 0 Å². The maximum atomic E-state index is 9.87. The first-order valence-electron chi connectivity index (χ1n) is 2.40. The summed E-state index contributed by atoms with van der Waals surface area (Å²) in [5.74, 6) is 0. The quantitative estimate of drug-likeness (QED) is 0.366. The van der Waals surface area contributed by atoms with Crippen molar-refractivity contribution in [3.05, 3.63) is 12.4 Å². The van der Waals surface area contributed by atoms with Gasteiger partial charge < -0.3 is 0 Å². The number of hydrogen-bond donors (Lipinski definition) is 1. The van der Waals surface area contributed by atoms with Crippen LogP contribution in [-0.2, 0) is 0 Å². The van der Waals surface area contributed by atoms with E-state index < -0.39 is 7.81 Å². The Hall–Kier alpha value is -0.690. The molecular formula is C2H4F6N3P. The van der Waals surface area contributed by atoms with Crippen LogP contribution in [0, 0.1) is 0 Å². The summed E-state index contributed by atoms with van der Waals surface area (Å²) >= 11 is 0. The summed E-state index contributed by atoms with van der Waals surface area (Å²) in [5, 5.41) is 6.94. The predicted octanol–water partition coefficient (Wildman–Crippen LogP) is 2.78. The molecule has 0 aromatic rings. The number of halogens is 6. The Bertz CT molecular complexity index is 189. The summed E-state index contributed by atoms with van der Waals surface area (Å²) < 4.78 is 59.2. The van der Waals surface area contributed by atoms with Crippen molar-refractivity contribution < 1.29 is 30.6 Å². The molecule has 74 valence electrons. The minimum absolute atomic E-state index is 1.64. The molecule has 0 radical (unpaired) electrons. The van der Waals surface area contributed by atoms with Gasteiger partial charge in [0, 0.05) is 5.22 Å². The summed E-state index contributed by atoms with van der Waals surface area (Å²) in [6.07, 6.45) is 3.42. The van der Waals surface area contributed by atoms with Gasteiger partial charge in [0.2, 0.25) is 0 Å². The average Bonchev–Trinajstić information content (AvgIpc) is 2.00. The van der Waals surface area contributed by atoms with Crippen molar-refractivity contribution in [2.45, 2.75) is 0 Å². The van der Waals surface area contributed by atoms with Crippen molar-refractivity contribution in [1.29, 1.82) is 0 Å². The fraction of sp³-hybridized carbons (Fsp3) is 0. The van der Waals surface area contributed by atoms with E-state index >= 15 is 0 Å². The van der Waals surface area contributed by atoms with Gasteiger partial charge in [-0.3, -0.25) is 0 Å². The zero-order valence-electron chi connectivity index (χ0n) is 5.34. The molecule has 0 aromatic heterocycles. The molecule has 10 heteroatoms. The van der Waals surface area contributed by atoms with Crippen LogP contribution in [0.15, 0.2) is 22.7 Å². The Balaban J connectivity index is 0.000000211. The van der Waals surface area contributed by atoms with Gasteiger partial charge in [0.15, 0.2) is 0 Å². The molecule has 2 N–H and O–H groups in total. The van der Waals surface area contributed by atoms with Gasteiger partial charge in [-0.2, -0.15) is 5.43 Å². The number of rotatable bonds is 0. The molecule has 12 heavy (non-hydrogen) atoms. The molecule has 0 aliphatic carbocycles. The topological polar surface area (TPSA) is 41.3 Å². The third-order valence-electron chi connectivity index (χ3n) is 0.372. The third-order valence-corrected chi connectivity index (χ3v) is 0.372. The predicted molar refractivity (Wildman–Crippen MR) is 29.5 cm³/mol. The van der Waals surface area contributed by atoms with Crippen LogP contribution in [0.25, 0.3) is 0 Å². The zero-order valence-corrected chi connectivity index (χ0v) is 6.24. The van der Waals surface area contributed by atoms with Crippen LogP contribution in [-0.4, -0.2) is 0 Å². The Morgan fingerprint density at radius 3 is 1.50 bits per heavy atom. The molecule has 0 saturated heterocycles. The van der Waals surface area contributed by atoms with Gasteiger partial charge >= 0.3 is 33.0 Å². The Labute approximate surface area is 62.4 Å². The molecule has 0 fully saturated rings. The second-order valence-electron chi connectivity index (χ2n) is 1.68. The molecule has 0 unspecified atom stereocenters. The van der Waals surface area contributed by atoms with Gasteiger partial charge in [-0.25, -0.2) is 0 Å². The standard InChI is InChI=1S/C2H3N3.F6P/c1-2-4-5-3-1;1-7(2,3,4,5)6/h1-2H,(H,3,4,5);/q;-1/p+1. The van der Waals surface area contributed by atoms with Gasteiger partial charge in [-0.1, -0.05) is 0 Å². The first-order valence-corrected chi connectivity index (χ1v) is 4.43. The molecule has 0 amide bonds. The van der Waals surface area contributed by atoms with Crippen molar-refractivity contribution in [1.82, 2.24) is 0 Å². The summed E-state index contributed by atoms with van der Waals surface area (Å²) in [5.41, 5.74) is 1.64. The monoisotopic (exact) mass is 215 g/mol. The van der Waals surface area contributed by atoms with Crippen molar-refractivity contribution in [2.75, 3.05) is 0 Å². The summed E-state index contributed by atoms with van der Waals surface area (Å²) in [6, 6.07) is 0. The maximum absolute atomic E-state index is 10.7. The van der Waals surface area contributed by atoms with E-state index in [9.17, 15) is 25.2 Å². The van der Waals surface area contributed by atoms with Crippen molar-refractivity contribution in [2.24, 2.45) is 10.3 Å². The summed E-state index contributed by atoms with van der Waals surface area (Å²) in [7, 11) is -10.7. The molecule has 0 spiro atoms. The van der Waals surface area contributed by atoms with Crippen LogP contribution in [0.3, 0.4) is 0 Å². The van der Waals surface area contributed by atoms with E-state index in [4.69, 9.17) is 0 Å². The number of quaternary nitrogens is 1. The first kappa shape index (κ1) is 11.3. The van der Waals surface area contributed by atoms with Crippen LogP contribution in [0.5, 0.6) is 0 Å². The normalized spacial score (nSPS) is 20.8. The summed E-state index contributed by atoms with van der Waals surface area (Å²) in [6.45, 7) is 0. The van der Waals surface area contributed by atoms with Crippen LogP contribution >= 0.6 is 7.81 Å². The molecule has 3 nitrogen and oxygen atoms in total. The van der Waals surface area contributed by atoms with Crippen molar-refractivity contribution in [3.8, 4) is 0 Å². The minimum atomic E-state index is -10.7. The molecular weight excluding hydrogens is 211 g/mol. The van der Waals surface area contributed by atoms with E-state index in [0.717, 1.165) is 0 Å². The fourth-order valence-electron chi connectivity index (χ4n) is 0.192. The van der Waals surface area contributed by atoms with E-state index in [1.807, 2.05) is 0 Å². The van der Waals surface area contributed by atoms with Gasteiger partial charge in [-0.05, 0) is 0 Å². The third kappa shape index (κ3) is 34.6. The Morgan fingerprint density at radius 2 is 1.42 bits per heavy atom. The van der Waals surface area contributed by atoms with Crippen molar-refractivity contribution in [3.63, 3.8) is 0 Å². The van der Waals surface area contributed by atoms with E-state index in [0.29, 0.717) is 0 Å². The number of hydrogen-bond acceptors (Lipinski definition) is 2. The Morgan fingerprint density at radius 1 is 1.00 bits per heavy atom. The van der Waals surface area contributed by atoms with E-state index in [1.165, 1.54) is 0 Å². The summed E-state index contributed by atoms with van der Waals surface area (Å²) in [4.78, 5) is 0. The van der Waals surface area contributed by atoms with Gasteiger partial charge in [0.25, 0.3) is 0 Å². The van der Waals surface area contributed by atoms with Crippen LogP contribution in [0.4, 0.5) is 25.2 Å². The fourth-order valence-corrected chi connectivity index (χ4v) is 0.192. The molecule has 0 aromatic carbocycles. The molecule has 0 atom stereocenters. The van der Waals surface area contributed by atoms with Crippen LogP contribution in [0.1, 0.15) is 0 Å². The van der Waals surface area contributed by atoms with Crippen molar-refractivity contribution >= 4 is 7.81 Å².